The zero-order valence-electron chi connectivity index (χ0n) is 22.9. The van der Waals surface area contributed by atoms with Gasteiger partial charge >= 0.3 is 0 Å². The van der Waals surface area contributed by atoms with Crippen LogP contribution in [0.5, 0.6) is 0 Å². The van der Waals surface area contributed by atoms with Crippen molar-refractivity contribution in [2.24, 2.45) is 0 Å². The van der Waals surface area contributed by atoms with Crippen molar-refractivity contribution in [3.63, 3.8) is 0 Å². The first-order valence-electron chi connectivity index (χ1n) is 13.5. The lowest BCUT2D eigenvalue weighted by Gasteiger charge is -2.16. The van der Waals surface area contributed by atoms with Crippen LogP contribution >= 0.6 is 34.5 Å². The average molecular weight is 647 g/mol. The number of pyridine rings is 1. The Hall–Kier alpha value is -3.02. The number of nitrogens with one attached hydrogen (secondary N) is 1. The summed E-state index contributed by atoms with van der Waals surface area (Å²) < 4.78 is 26.8. The number of benzene rings is 2. The Kier molecular flexibility index (Phi) is 9.20. The number of carbonyl (C=O) groups excluding carboxylic acids is 2. The van der Waals surface area contributed by atoms with Crippen molar-refractivity contribution < 1.29 is 18.0 Å². The first-order valence-corrected chi connectivity index (χ1v) is 16.7. The van der Waals surface area contributed by atoms with Gasteiger partial charge in [0.1, 0.15) is 14.3 Å². The highest BCUT2D eigenvalue weighted by molar-refractivity contribution is 7.94. The van der Waals surface area contributed by atoms with Gasteiger partial charge in [0.25, 0.3) is 11.5 Å². The number of hydrogen-bond acceptors (Lipinski definition) is 7. The lowest BCUT2D eigenvalue weighted by atomic mass is 10.0. The predicted molar refractivity (Wildman–Crippen MR) is 167 cm³/mol. The van der Waals surface area contributed by atoms with E-state index < -0.39 is 21.4 Å². The van der Waals surface area contributed by atoms with Crippen LogP contribution in [0, 0.1) is 6.92 Å². The largest absolute Gasteiger partial charge is 0.351 e. The van der Waals surface area contributed by atoms with Gasteiger partial charge in [0.05, 0.1) is 10.6 Å². The number of sulfone groups is 1. The van der Waals surface area contributed by atoms with E-state index in [-0.39, 0.29) is 31.5 Å². The van der Waals surface area contributed by atoms with Crippen LogP contribution in [0.1, 0.15) is 34.3 Å². The number of aromatic nitrogens is 1. The Morgan fingerprint density at radius 1 is 1.00 bits per heavy atom. The third-order valence-corrected chi connectivity index (χ3v) is 11.3. The molecule has 0 unspecified atom stereocenters. The standard InChI is InChI=1S/C30H29Cl2N3O5S2/c1-19-4-9-23-24(14-19)25(29(37)33-10-13-34-11-2-3-12-34)17-35(30(23)38)21-7-5-20(6-8-21)15-22(36)18-42(39,40)27-16-26(31)28(32)41-27/h4-9,14,16-17H,2-3,10-13,15,18H2,1H3,(H,33,37). The number of ketones is 1. The molecule has 12 heteroatoms. The summed E-state index contributed by atoms with van der Waals surface area (Å²) in [6, 6.07) is 13.3. The van der Waals surface area contributed by atoms with Crippen molar-refractivity contribution in [3.05, 3.63) is 91.1 Å². The lowest BCUT2D eigenvalue weighted by Crippen LogP contribution is -2.34. The number of amides is 1. The lowest BCUT2D eigenvalue weighted by molar-refractivity contribution is -0.116. The van der Waals surface area contributed by atoms with Crippen LogP contribution in [0.4, 0.5) is 0 Å². The zero-order valence-corrected chi connectivity index (χ0v) is 26.0. The Bertz CT molecular complexity index is 1810. The van der Waals surface area contributed by atoms with Crippen LogP contribution in [-0.4, -0.2) is 61.5 Å². The van der Waals surface area contributed by atoms with E-state index >= 15 is 0 Å². The van der Waals surface area contributed by atoms with E-state index in [0.717, 1.165) is 36.5 Å². The Labute approximate surface area is 257 Å². The van der Waals surface area contributed by atoms with Gasteiger partial charge in [-0.3, -0.25) is 19.0 Å². The van der Waals surface area contributed by atoms with Crippen LogP contribution < -0.4 is 10.9 Å². The van der Waals surface area contributed by atoms with Crippen molar-refractivity contribution in [1.29, 1.82) is 0 Å². The third-order valence-electron chi connectivity index (χ3n) is 7.23. The number of rotatable bonds is 10. The van der Waals surface area contributed by atoms with Gasteiger partial charge in [-0.1, -0.05) is 53.0 Å². The van der Waals surface area contributed by atoms with Crippen molar-refractivity contribution in [2.45, 2.75) is 30.4 Å². The van der Waals surface area contributed by atoms with Crippen LogP contribution in [0.3, 0.4) is 0 Å². The normalized spacial score (nSPS) is 14.0. The van der Waals surface area contributed by atoms with Crippen LogP contribution in [-0.2, 0) is 21.1 Å². The third kappa shape index (κ3) is 6.79. The van der Waals surface area contributed by atoms with Crippen molar-refractivity contribution in [1.82, 2.24) is 14.8 Å². The maximum Gasteiger partial charge on any atom is 0.262 e. The van der Waals surface area contributed by atoms with Crippen LogP contribution in [0.15, 0.2) is 63.7 Å². The molecule has 2 aromatic heterocycles. The summed E-state index contributed by atoms with van der Waals surface area (Å²) in [5, 5.41) is 4.15. The van der Waals surface area contributed by atoms with Gasteiger partial charge in [0, 0.05) is 42.2 Å². The Morgan fingerprint density at radius 3 is 2.38 bits per heavy atom. The molecular weight excluding hydrogens is 617 g/mol. The molecule has 1 aliphatic heterocycles. The second-order valence-corrected chi connectivity index (χ2v) is 14.7. The van der Waals surface area contributed by atoms with Crippen LogP contribution in [0.2, 0.25) is 9.36 Å². The monoisotopic (exact) mass is 645 g/mol. The maximum atomic E-state index is 13.5. The van der Waals surface area contributed by atoms with E-state index in [1.807, 2.05) is 19.1 Å². The van der Waals surface area contributed by atoms with Crippen molar-refractivity contribution >= 4 is 66.8 Å². The highest BCUT2D eigenvalue weighted by atomic mass is 35.5. The molecule has 1 fully saturated rings. The summed E-state index contributed by atoms with van der Waals surface area (Å²) in [5.41, 5.74) is 2.16. The van der Waals surface area contributed by atoms with E-state index in [1.54, 1.807) is 36.5 Å². The number of nitrogens with zero attached hydrogens (tertiary/aromatic N) is 2. The summed E-state index contributed by atoms with van der Waals surface area (Å²) in [4.78, 5) is 41.7. The molecule has 0 radical (unpaired) electrons. The molecule has 1 aliphatic rings. The average Bonchev–Trinajstić information content (AvgIpc) is 3.59. The fourth-order valence-electron chi connectivity index (χ4n) is 5.07. The summed E-state index contributed by atoms with van der Waals surface area (Å²) in [6.07, 6.45) is 3.80. The summed E-state index contributed by atoms with van der Waals surface area (Å²) >= 11 is 12.6. The van der Waals surface area contributed by atoms with Gasteiger partial charge in [0.15, 0.2) is 15.6 Å². The smallest absolute Gasteiger partial charge is 0.262 e. The molecule has 4 aromatic rings. The van der Waals surface area contributed by atoms with E-state index in [9.17, 15) is 22.8 Å². The van der Waals surface area contributed by atoms with Crippen molar-refractivity contribution in [2.75, 3.05) is 31.9 Å². The van der Waals surface area contributed by atoms with E-state index in [1.165, 1.54) is 23.5 Å². The number of likely N-dealkylation sites (tertiary alicyclic amines) is 1. The summed E-state index contributed by atoms with van der Waals surface area (Å²) in [5.74, 6) is -1.42. The minimum Gasteiger partial charge on any atom is -0.351 e. The molecule has 1 amide bonds. The van der Waals surface area contributed by atoms with Gasteiger partial charge in [-0.25, -0.2) is 8.42 Å². The topological polar surface area (TPSA) is 106 Å². The SMILES string of the molecule is Cc1ccc2c(=O)n(-c3ccc(CC(=O)CS(=O)(=O)c4cc(Cl)c(Cl)s4)cc3)cc(C(=O)NCCN3CCCC3)c2c1. The molecule has 1 N–H and O–H groups in total. The quantitative estimate of drug-likeness (QED) is 0.258. The summed E-state index contributed by atoms with van der Waals surface area (Å²) in [7, 11) is -3.87. The number of hydrogen-bond donors (Lipinski definition) is 1. The molecule has 0 saturated carbocycles. The molecule has 2 aromatic carbocycles. The highest BCUT2D eigenvalue weighted by Crippen LogP contribution is 2.34. The van der Waals surface area contributed by atoms with Gasteiger partial charge < -0.3 is 10.2 Å². The second kappa shape index (κ2) is 12.7. The van der Waals surface area contributed by atoms with Gasteiger partial charge in [-0.2, -0.15) is 0 Å². The number of halogens is 2. The van der Waals surface area contributed by atoms with Crippen molar-refractivity contribution in [3.8, 4) is 5.69 Å². The zero-order chi connectivity index (χ0) is 30.0. The molecule has 0 atom stereocenters. The Balaban J connectivity index is 1.36. The number of aryl methyl sites for hydroxylation is 1. The molecule has 0 aliphatic carbocycles. The Morgan fingerprint density at radius 2 is 1.71 bits per heavy atom. The predicted octanol–water partition coefficient (Wildman–Crippen LogP) is 5.08. The molecule has 220 valence electrons. The van der Waals surface area contributed by atoms with E-state index in [0.29, 0.717) is 34.1 Å². The first-order chi connectivity index (χ1) is 20.0. The number of carbonyl (C=O) groups is 2. The van der Waals surface area contributed by atoms with Gasteiger partial charge in [0.2, 0.25) is 0 Å². The second-order valence-electron chi connectivity index (χ2n) is 10.4. The highest BCUT2D eigenvalue weighted by Gasteiger charge is 2.23. The van der Waals surface area contributed by atoms with Gasteiger partial charge in [-0.05, 0) is 62.7 Å². The number of Topliss-reactive ketones (excluding diaryl/α,β-unsaturated/α-hetero) is 1. The molecule has 1 saturated heterocycles. The molecule has 0 bridgehead atoms. The molecule has 5 rings (SSSR count). The fraction of sp³-hybridized carbons (Fsp3) is 0.300. The first kappa shape index (κ1) is 30.4. The molecule has 0 spiro atoms. The maximum absolute atomic E-state index is 13.5. The molecule has 42 heavy (non-hydrogen) atoms. The summed E-state index contributed by atoms with van der Waals surface area (Å²) in [6.45, 7) is 5.28. The van der Waals surface area contributed by atoms with E-state index in [2.05, 4.69) is 10.2 Å². The fourth-order valence-corrected chi connectivity index (χ4v) is 8.28. The molecule has 3 heterocycles. The number of fused-ring (bicyclic) bond motifs is 1. The minimum absolute atomic E-state index is 0.0528. The molecular formula is C30H29Cl2N3O5S2. The molecule has 8 nitrogen and oxygen atoms in total. The van der Waals surface area contributed by atoms with Gasteiger partial charge in [-0.15, -0.1) is 11.3 Å². The van der Waals surface area contributed by atoms with E-state index in [4.69, 9.17) is 23.2 Å². The van der Waals surface area contributed by atoms with Crippen LogP contribution in [0.25, 0.3) is 16.5 Å². The number of thiophene rings is 1. The minimum atomic E-state index is -3.87.